The number of esters is 4. The molecule has 15 aliphatic rings. The van der Waals surface area contributed by atoms with E-state index in [0.29, 0.717) is 37.2 Å². The van der Waals surface area contributed by atoms with Gasteiger partial charge in [0, 0.05) is 52.7 Å². The fourth-order valence-corrected chi connectivity index (χ4v) is 26.9. The summed E-state index contributed by atoms with van der Waals surface area (Å²) in [6, 6.07) is 27.3. The van der Waals surface area contributed by atoms with Gasteiger partial charge >= 0.3 is 23.9 Å². The Hall–Kier alpha value is -7.12. The van der Waals surface area contributed by atoms with Gasteiger partial charge < -0.3 is 42.6 Å². The van der Waals surface area contributed by atoms with Crippen molar-refractivity contribution < 1.29 is 71.4 Å². The second-order valence-corrected chi connectivity index (χ2v) is 27.8. The zero-order valence-corrected chi connectivity index (χ0v) is 48.2. The van der Waals surface area contributed by atoms with Crippen molar-refractivity contribution in [3.8, 4) is 23.6 Å². The average molecular weight is 1150 g/mol. The number of nitrogens with zero attached hydrogens (tertiary/aromatic N) is 3. The summed E-state index contributed by atoms with van der Waals surface area (Å²) in [5, 5.41) is 20.8. The van der Waals surface area contributed by atoms with Gasteiger partial charge in [-0.3, -0.25) is 33.7 Å². The quantitative estimate of drug-likeness (QED) is 0.0806. The molecule has 85 heavy (non-hydrogen) atoms. The van der Waals surface area contributed by atoms with Crippen molar-refractivity contribution >= 4 is 35.7 Å². The highest BCUT2D eigenvalue weighted by molar-refractivity contribution is 6.14. The van der Waals surface area contributed by atoms with Crippen molar-refractivity contribution in [3.05, 3.63) is 106 Å². The molecule has 6 saturated heterocycles. The van der Waals surface area contributed by atoms with Gasteiger partial charge in [-0.1, -0.05) is 60.7 Å². The zero-order valence-electron chi connectivity index (χ0n) is 48.2. The molecule has 18 nitrogen and oxygen atoms in total. The number of fused-ring (bicyclic) bond motifs is 41. The lowest BCUT2D eigenvalue weighted by Crippen LogP contribution is -2.87. The van der Waals surface area contributed by atoms with E-state index >= 15 is 28.8 Å². The van der Waals surface area contributed by atoms with Gasteiger partial charge in [0.05, 0.1) is 88.7 Å². The second kappa shape index (κ2) is 15.3. The molecule has 0 spiro atoms. The molecule has 7 aliphatic heterocycles. The molecule has 8 saturated carbocycles. The lowest BCUT2D eigenvalue weighted by atomic mass is 9.21. The van der Waals surface area contributed by atoms with Crippen molar-refractivity contribution in [2.45, 2.75) is 81.2 Å². The van der Waals surface area contributed by atoms with Gasteiger partial charge in [-0.05, 0) is 116 Å². The fraction of sp³-hybridized carbons (Fsp3) is 0.582. The highest BCUT2D eigenvalue weighted by Gasteiger charge is 3.10. The molecular formula is C67H63N3O15. The van der Waals surface area contributed by atoms with Crippen LogP contribution >= 0.6 is 0 Å². The number of allylic oxidation sites excluding steroid dienone is 2. The number of ether oxygens (including phenoxy) is 9. The highest BCUT2D eigenvalue weighted by atomic mass is 16.6. The van der Waals surface area contributed by atoms with Crippen LogP contribution < -0.4 is 9.47 Å². The van der Waals surface area contributed by atoms with Gasteiger partial charge in [0.2, 0.25) is 11.8 Å². The summed E-state index contributed by atoms with van der Waals surface area (Å²) in [6.07, 6.45) is -2.78. The Morgan fingerprint density at radius 2 is 0.882 bits per heavy atom. The smallest absolute Gasteiger partial charge is 0.313 e. The van der Waals surface area contributed by atoms with Crippen LogP contribution in [0.2, 0.25) is 0 Å². The molecular weight excluding hydrogens is 1090 g/mol. The molecule has 0 aromatic heterocycles. The predicted molar refractivity (Wildman–Crippen MR) is 288 cm³/mol. The Bertz CT molecular complexity index is 3610. The Morgan fingerprint density at radius 1 is 0.529 bits per heavy atom. The average Bonchev–Trinajstić information content (AvgIpc) is 1.41. The number of rotatable bonds is 9. The lowest BCUT2D eigenvalue weighted by molar-refractivity contribution is -0.308. The number of hydrogen-bond donors (Lipinski definition) is 0. The number of likely N-dealkylation sites (tertiary alicyclic amines) is 1. The van der Waals surface area contributed by atoms with Crippen molar-refractivity contribution in [2.24, 2.45) is 115 Å². The summed E-state index contributed by atoms with van der Waals surface area (Å²) in [4.78, 5) is 99.3. The minimum Gasteiger partial charge on any atom is -0.496 e. The summed E-state index contributed by atoms with van der Waals surface area (Å²) < 4.78 is 60.5. The minimum atomic E-state index is -1.88. The van der Waals surface area contributed by atoms with Crippen LogP contribution in [0.15, 0.2) is 83.9 Å². The third-order valence-electron chi connectivity index (χ3n) is 27.4. The van der Waals surface area contributed by atoms with Crippen LogP contribution in [0.25, 0.3) is 0 Å². The SMILES string of the molecule is COC(=O)C12C3CC(C4C5CCC(C5=C(C#N)C#N)C43)C1(C(=O)OC)C1C3OC(C12)C12C(=O)N(C(C)C)C(=O)C31C1OC2C2C1C1(C(=O)OC)C3CC(C4C3C3(c5ccccc5)OC4(c4ccccc4)c4c(OC)ccc(OC)c43)C21C(=O)OC. The van der Waals surface area contributed by atoms with Gasteiger partial charge in [0.1, 0.15) is 51.2 Å². The number of benzene rings is 3. The molecule has 26 unspecified atom stereocenters. The van der Waals surface area contributed by atoms with Crippen LogP contribution in [0.1, 0.15) is 61.8 Å². The van der Waals surface area contributed by atoms with Crippen molar-refractivity contribution in [2.75, 3.05) is 42.7 Å². The van der Waals surface area contributed by atoms with Crippen molar-refractivity contribution in [1.82, 2.24) is 4.90 Å². The molecule has 14 fully saturated rings. The van der Waals surface area contributed by atoms with E-state index in [2.05, 4.69) is 12.1 Å². The van der Waals surface area contributed by atoms with E-state index in [0.717, 1.165) is 27.8 Å². The Morgan fingerprint density at radius 3 is 1.21 bits per heavy atom. The molecule has 2 amide bonds. The van der Waals surface area contributed by atoms with E-state index < -0.39 is 169 Å². The molecule has 7 heterocycles. The van der Waals surface area contributed by atoms with Crippen LogP contribution in [0, 0.1) is 138 Å². The Balaban J connectivity index is 0.896. The van der Waals surface area contributed by atoms with Crippen LogP contribution in [0.4, 0.5) is 0 Å². The Labute approximate surface area is 489 Å². The third-order valence-corrected chi connectivity index (χ3v) is 27.4. The molecule has 0 N–H and O–H groups in total. The van der Waals surface area contributed by atoms with Crippen LogP contribution in [-0.2, 0) is 73.1 Å². The Kier molecular flexibility index (Phi) is 9.23. The van der Waals surface area contributed by atoms with Crippen LogP contribution in [-0.4, -0.2) is 114 Å². The molecule has 3 aromatic rings. The van der Waals surface area contributed by atoms with Gasteiger partial charge in [-0.25, -0.2) is 0 Å². The molecule has 18 rings (SSSR count). The number of methoxy groups -OCH3 is 6. The number of amides is 2. The first-order chi connectivity index (χ1) is 41.1. The number of imide groups is 1. The molecule has 26 atom stereocenters. The van der Waals surface area contributed by atoms with E-state index in [1.54, 1.807) is 28.1 Å². The van der Waals surface area contributed by atoms with Gasteiger partial charge in [-0.15, -0.1) is 0 Å². The van der Waals surface area contributed by atoms with E-state index in [4.69, 9.17) is 42.6 Å². The summed E-state index contributed by atoms with van der Waals surface area (Å²) >= 11 is 0. The number of nitriles is 2. The molecule has 3 aromatic carbocycles. The lowest BCUT2D eigenvalue weighted by Gasteiger charge is -2.75. The van der Waals surface area contributed by atoms with E-state index in [-0.39, 0.29) is 29.2 Å². The summed E-state index contributed by atoms with van der Waals surface area (Å²) in [5.74, 6) is -10.7. The summed E-state index contributed by atoms with van der Waals surface area (Å²) in [6.45, 7) is 3.58. The van der Waals surface area contributed by atoms with Crippen molar-refractivity contribution in [3.63, 3.8) is 0 Å². The van der Waals surface area contributed by atoms with Gasteiger partial charge in [-0.2, -0.15) is 10.5 Å². The molecule has 18 heteroatoms. The van der Waals surface area contributed by atoms with Crippen LogP contribution in [0.5, 0.6) is 11.5 Å². The van der Waals surface area contributed by atoms with Gasteiger partial charge in [0.25, 0.3) is 0 Å². The molecule has 12 bridgehead atoms. The topological polar surface area (TPSA) is 236 Å². The maximum Gasteiger partial charge on any atom is 0.313 e. The summed E-state index contributed by atoms with van der Waals surface area (Å²) in [7, 11) is 8.54. The number of carbonyl (C=O) groups excluding carboxylic acids is 6. The molecule has 436 valence electrons. The van der Waals surface area contributed by atoms with E-state index in [1.807, 2.05) is 72.8 Å². The summed E-state index contributed by atoms with van der Waals surface area (Å²) in [5.41, 5.74) is -9.34. The zero-order chi connectivity index (χ0) is 58.7. The first-order valence-electron chi connectivity index (χ1n) is 30.3. The molecule has 8 aliphatic carbocycles. The largest absolute Gasteiger partial charge is 0.496 e. The fourth-order valence-electron chi connectivity index (χ4n) is 26.9. The normalized spacial score (nSPS) is 49.5. The molecule has 0 radical (unpaired) electrons. The highest BCUT2D eigenvalue weighted by Crippen LogP contribution is 3.00. The first-order valence-corrected chi connectivity index (χ1v) is 30.3. The van der Waals surface area contributed by atoms with E-state index in [9.17, 15) is 10.5 Å². The van der Waals surface area contributed by atoms with Crippen LogP contribution in [0.3, 0.4) is 0 Å². The van der Waals surface area contributed by atoms with E-state index in [1.165, 1.54) is 33.3 Å². The maximum atomic E-state index is 16.8. The maximum absolute atomic E-state index is 16.8. The third kappa shape index (κ3) is 4.21. The number of hydrogen-bond acceptors (Lipinski definition) is 17. The predicted octanol–water partition coefficient (Wildman–Crippen LogP) is 5.82. The standard InChI is InChI=1S/C67H63N3O15/c1-27(2)70-54(71)64-50-46-47(61(57(74)80-6)34-23-33(60(46,61)56(73)79-5)40-31-19-20-32(41(34)40)39(31)28(25-68)26-69)51(83-50)65(64,55(70)72)53-49-48(52(64)84-53)62(58(75)81-7)35-24-36(63(49,62)59(76)82-8)43-42(35)66(29-15-11-9-12-16-29)44-37(77-3)21-22-38(78-4)45(44)67(43,85-66)30-17-13-10-14-18-30/h9-18,21-22,27,31-36,40-43,46-53H,19-20,23-24H2,1-8H3. The second-order valence-electron chi connectivity index (χ2n) is 27.8. The van der Waals surface area contributed by atoms with Crippen molar-refractivity contribution in [1.29, 1.82) is 10.5 Å². The first kappa shape index (κ1) is 51.1. The number of carbonyl (C=O) groups is 6. The van der Waals surface area contributed by atoms with Gasteiger partial charge in [0.15, 0.2) is 0 Å². The monoisotopic (exact) mass is 1150 g/mol. The minimum absolute atomic E-state index is 0.0707.